The molecule has 1 aromatic carbocycles. The van der Waals surface area contributed by atoms with E-state index in [4.69, 9.17) is 16.3 Å². The minimum absolute atomic E-state index is 0.494. The summed E-state index contributed by atoms with van der Waals surface area (Å²) in [6.07, 6.45) is 3.70. The molecule has 4 N–H and O–H groups in total. The summed E-state index contributed by atoms with van der Waals surface area (Å²) in [5.74, 6) is 6.46. The van der Waals surface area contributed by atoms with E-state index in [9.17, 15) is 0 Å². The maximum absolute atomic E-state index is 5.56. The van der Waals surface area contributed by atoms with Crippen LogP contribution in [0.15, 0.2) is 35.6 Å². The molecule has 0 fully saturated rings. The summed E-state index contributed by atoms with van der Waals surface area (Å²) < 4.78 is 7.40. The minimum Gasteiger partial charge on any atom is -0.497 e. The first kappa shape index (κ1) is 12.3. The fourth-order valence-corrected chi connectivity index (χ4v) is 2.00. The molecule has 0 aliphatic heterocycles. The Bertz CT molecular complexity index is 559. The number of hydrogen-bond acceptors (Lipinski definition) is 3. The van der Waals surface area contributed by atoms with Crippen molar-refractivity contribution in [3.8, 4) is 5.75 Å². The SMILES string of the molecule is COc1ccc2c(ccn2CCC/C(N)=N/N)c1. The molecule has 2 rings (SSSR count). The first-order valence-corrected chi connectivity index (χ1v) is 5.89. The highest BCUT2D eigenvalue weighted by Gasteiger charge is 2.02. The molecule has 0 atom stereocenters. The van der Waals surface area contributed by atoms with Crippen molar-refractivity contribution in [1.29, 1.82) is 0 Å². The second-order valence-corrected chi connectivity index (χ2v) is 4.16. The lowest BCUT2D eigenvalue weighted by atomic mass is 10.2. The number of ether oxygens (including phenoxy) is 1. The molecular formula is C13H18N4O. The molecule has 0 aliphatic rings. The molecule has 96 valence electrons. The highest BCUT2D eigenvalue weighted by molar-refractivity contribution is 5.82. The predicted octanol–water partition coefficient (Wildman–Crippen LogP) is 1.66. The number of benzene rings is 1. The topological polar surface area (TPSA) is 78.6 Å². The summed E-state index contributed by atoms with van der Waals surface area (Å²) in [5, 5.41) is 4.64. The average molecular weight is 246 g/mol. The third-order valence-electron chi connectivity index (χ3n) is 2.98. The zero-order valence-corrected chi connectivity index (χ0v) is 10.5. The van der Waals surface area contributed by atoms with Crippen LogP contribution in [0, 0.1) is 0 Å². The number of nitrogens with two attached hydrogens (primary N) is 2. The third kappa shape index (κ3) is 2.56. The van der Waals surface area contributed by atoms with Gasteiger partial charge in [0.05, 0.1) is 7.11 Å². The van der Waals surface area contributed by atoms with Crippen LogP contribution in [0.4, 0.5) is 0 Å². The lowest BCUT2D eigenvalue weighted by Crippen LogP contribution is -2.14. The highest BCUT2D eigenvalue weighted by atomic mass is 16.5. The standard InChI is InChI=1S/C13H18N4O/c1-18-11-4-5-12-10(9-11)6-8-17(12)7-2-3-13(14)16-15/h4-6,8-9H,2-3,7,15H2,1H3,(H2,14,16). The molecule has 0 radical (unpaired) electrons. The number of amidine groups is 1. The molecule has 5 nitrogen and oxygen atoms in total. The van der Waals surface area contributed by atoms with Gasteiger partial charge in [0.1, 0.15) is 11.6 Å². The van der Waals surface area contributed by atoms with Crippen molar-refractivity contribution in [2.45, 2.75) is 19.4 Å². The maximum Gasteiger partial charge on any atom is 0.119 e. The third-order valence-corrected chi connectivity index (χ3v) is 2.98. The molecule has 2 aromatic rings. The van der Waals surface area contributed by atoms with Crippen molar-refractivity contribution >= 4 is 16.7 Å². The summed E-state index contributed by atoms with van der Waals surface area (Å²) in [5.41, 5.74) is 6.76. The van der Waals surface area contributed by atoms with Crippen LogP contribution in [0.25, 0.3) is 10.9 Å². The van der Waals surface area contributed by atoms with E-state index in [2.05, 4.69) is 28.0 Å². The van der Waals surface area contributed by atoms with E-state index >= 15 is 0 Å². The maximum atomic E-state index is 5.56. The van der Waals surface area contributed by atoms with Crippen LogP contribution in [0.5, 0.6) is 5.75 Å². The number of fused-ring (bicyclic) bond motifs is 1. The molecule has 0 saturated carbocycles. The van der Waals surface area contributed by atoms with Crippen LogP contribution >= 0.6 is 0 Å². The molecule has 0 aliphatic carbocycles. The van der Waals surface area contributed by atoms with Gasteiger partial charge in [-0.15, -0.1) is 0 Å². The summed E-state index contributed by atoms with van der Waals surface area (Å²) in [4.78, 5) is 0. The first-order valence-electron chi connectivity index (χ1n) is 5.89. The Labute approximate surface area is 106 Å². The fourth-order valence-electron chi connectivity index (χ4n) is 2.00. The monoisotopic (exact) mass is 246 g/mol. The van der Waals surface area contributed by atoms with Gasteiger partial charge >= 0.3 is 0 Å². The van der Waals surface area contributed by atoms with Crippen molar-refractivity contribution in [1.82, 2.24) is 4.57 Å². The van der Waals surface area contributed by atoms with Gasteiger partial charge < -0.3 is 20.9 Å². The number of rotatable bonds is 5. The van der Waals surface area contributed by atoms with Crippen molar-refractivity contribution in [3.05, 3.63) is 30.5 Å². The molecule has 18 heavy (non-hydrogen) atoms. The molecule has 1 aromatic heterocycles. The molecule has 0 amide bonds. The van der Waals surface area contributed by atoms with Crippen molar-refractivity contribution in [3.63, 3.8) is 0 Å². The van der Waals surface area contributed by atoms with Gasteiger partial charge in [-0.25, -0.2) is 0 Å². The van der Waals surface area contributed by atoms with E-state index in [1.807, 2.05) is 12.1 Å². The number of hydrazone groups is 1. The fraction of sp³-hybridized carbons (Fsp3) is 0.308. The van der Waals surface area contributed by atoms with E-state index < -0.39 is 0 Å². The number of aryl methyl sites for hydroxylation is 1. The second-order valence-electron chi connectivity index (χ2n) is 4.16. The summed E-state index contributed by atoms with van der Waals surface area (Å²) in [7, 11) is 1.67. The number of methoxy groups -OCH3 is 1. The zero-order chi connectivity index (χ0) is 13.0. The van der Waals surface area contributed by atoms with E-state index in [0.29, 0.717) is 12.3 Å². The van der Waals surface area contributed by atoms with Crippen LogP contribution in [0.3, 0.4) is 0 Å². The van der Waals surface area contributed by atoms with E-state index in [1.54, 1.807) is 7.11 Å². The van der Waals surface area contributed by atoms with Crippen LogP contribution in [0.1, 0.15) is 12.8 Å². The summed E-state index contributed by atoms with van der Waals surface area (Å²) in [6.45, 7) is 0.895. The number of hydrogen-bond donors (Lipinski definition) is 2. The Morgan fingerprint density at radius 2 is 2.22 bits per heavy atom. The van der Waals surface area contributed by atoms with Gasteiger partial charge in [0.15, 0.2) is 0 Å². The lowest BCUT2D eigenvalue weighted by molar-refractivity contribution is 0.415. The Kier molecular flexibility index (Phi) is 3.72. The van der Waals surface area contributed by atoms with Crippen LogP contribution in [-0.2, 0) is 6.54 Å². The van der Waals surface area contributed by atoms with Crippen molar-refractivity contribution in [2.24, 2.45) is 16.7 Å². The second kappa shape index (κ2) is 5.44. The van der Waals surface area contributed by atoms with Gasteiger partial charge in [-0.2, -0.15) is 5.10 Å². The molecule has 5 heteroatoms. The van der Waals surface area contributed by atoms with Gasteiger partial charge in [0, 0.05) is 30.1 Å². The van der Waals surface area contributed by atoms with Crippen LogP contribution < -0.4 is 16.3 Å². The Morgan fingerprint density at radius 3 is 2.94 bits per heavy atom. The Hall–Kier alpha value is -2.17. The quantitative estimate of drug-likeness (QED) is 0.364. The van der Waals surface area contributed by atoms with E-state index in [-0.39, 0.29) is 0 Å². The molecule has 0 unspecified atom stereocenters. The first-order chi connectivity index (χ1) is 8.74. The van der Waals surface area contributed by atoms with E-state index in [1.165, 1.54) is 10.9 Å². The zero-order valence-electron chi connectivity index (χ0n) is 10.5. The average Bonchev–Trinajstić information content (AvgIpc) is 2.81. The van der Waals surface area contributed by atoms with Gasteiger partial charge in [0.25, 0.3) is 0 Å². The predicted molar refractivity (Wildman–Crippen MR) is 73.5 cm³/mol. The summed E-state index contributed by atoms with van der Waals surface area (Å²) in [6, 6.07) is 8.14. The Balaban J connectivity index is 2.10. The van der Waals surface area contributed by atoms with Gasteiger partial charge in [-0.1, -0.05) is 0 Å². The van der Waals surface area contributed by atoms with Crippen LogP contribution in [-0.4, -0.2) is 17.5 Å². The molecule has 0 bridgehead atoms. The molecule has 0 saturated heterocycles. The number of nitrogens with zero attached hydrogens (tertiary/aromatic N) is 2. The van der Waals surface area contributed by atoms with Crippen molar-refractivity contribution < 1.29 is 4.74 Å². The smallest absolute Gasteiger partial charge is 0.119 e. The van der Waals surface area contributed by atoms with Gasteiger partial charge in [-0.05, 0) is 30.7 Å². The molecule has 0 spiro atoms. The van der Waals surface area contributed by atoms with Gasteiger partial charge in [-0.3, -0.25) is 0 Å². The van der Waals surface area contributed by atoms with Crippen molar-refractivity contribution in [2.75, 3.05) is 7.11 Å². The normalized spacial score (nSPS) is 11.9. The Morgan fingerprint density at radius 1 is 1.39 bits per heavy atom. The summed E-state index contributed by atoms with van der Waals surface area (Å²) >= 11 is 0. The minimum atomic E-state index is 0.494. The van der Waals surface area contributed by atoms with E-state index in [0.717, 1.165) is 18.7 Å². The number of aromatic nitrogens is 1. The van der Waals surface area contributed by atoms with Gasteiger partial charge in [0.2, 0.25) is 0 Å². The largest absolute Gasteiger partial charge is 0.497 e. The molecular weight excluding hydrogens is 228 g/mol. The highest BCUT2D eigenvalue weighted by Crippen LogP contribution is 2.22. The molecule has 1 heterocycles. The van der Waals surface area contributed by atoms with Crippen LogP contribution in [0.2, 0.25) is 0 Å². The lowest BCUT2D eigenvalue weighted by Gasteiger charge is -2.06.